The van der Waals surface area contributed by atoms with E-state index in [1.165, 1.54) is 0 Å². The van der Waals surface area contributed by atoms with E-state index < -0.39 is 0 Å². The minimum Gasteiger partial charge on any atom is -0.326 e. The number of nitrogens with zero attached hydrogens (tertiary/aromatic N) is 6. The molecular formula is C27H28N8. The van der Waals surface area contributed by atoms with E-state index in [4.69, 9.17) is 15.8 Å². The zero-order chi connectivity index (χ0) is 24.2. The Labute approximate surface area is 204 Å². The first-order chi connectivity index (χ1) is 17.1. The summed E-state index contributed by atoms with van der Waals surface area (Å²) in [5.41, 5.74) is 12.1. The van der Waals surface area contributed by atoms with Gasteiger partial charge in [0, 0.05) is 24.1 Å². The van der Waals surface area contributed by atoms with Gasteiger partial charge in [-0.2, -0.15) is 10.3 Å². The number of benzene rings is 3. The molecule has 0 saturated carbocycles. The molecule has 35 heavy (non-hydrogen) atoms. The lowest BCUT2D eigenvalue weighted by molar-refractivity contribution is 0.604. The smallest absolute Gasteiger partial charge is 0.205 e. The second-order valence-corrected chi connectivity index (χ2v) is 8.99. The second kappa shape index (κ2) is 9.99. The fourth-order valence-corrected chi connectivity index (χ4v) is 4.12. The number of H-pyrrole nitrogens is 1. The number of nitrogens with one attached hydrogen (secondary N) is 1. The van der Waals surface area contributed by atoms with E-state index in [1.54, 1.807) is 0 Å². The average molecular weight is 465 g/mol. The van der Waals surface area contributed by atoms with Crippen LogP contribution >= 0.6 is 0 Å². The molecule has 0 saturated heterocycles. The van der Waals surface area contributed by atoms with E-state index in [-0.39, 0.29) is 0 Å². The number of hydrogen-bond donors (Lipinski definition) is 2. The number of aromatic amines is 1. The highest BCUT2D eigenvalue weighted by Crippen LogP contribution is 2.30. The van der Waals surface area contributed by atoms with Gasteiger partial charge in [0.1, 0.15) is 0 Å². The predicted molar refractivity (Wildman–Crippen MR) is 136 cm³/mol. The normalized spacial score (nSPS) is 11.3. The van der Waals surface area contributed by atoms with Crippen molar-refractivity contribution in [2.75, 3.05) is 0 Å². The summed E-state index contributed by atoms with van der Waals surface area (Å²) in [4.78, 5) is 4.88. The minimum atomic E-state index is 0.483. The van der Waals surface area contributed by atoms with E-state index in [2.05, 4.69) is 76.9 Å². The first-order valence-electron chi connectivity index (χ1n) is 11.8. The van der Waals surface area contributed by atoms with Crippen LogP contribution in [0.1, 0.15) is 30.8 Å². The molecule has 3 aromatic carbocycles. The van der Waals surface area contributed by atoms with Crippen LogP contribution in [-0.4, -0.2) is 35.4 Å². The van der Waals surface area contributed by atoms with Crippen molar-refractivity contribution in [3.8, 4) is 33.9 Å². The number of rotatable bonds is 8. The molecule has 5 rings (SSSR count). The summed E-state index contributed by atoms with van der Waals surface area (Å²) in [7, 11) is 0. The second-order valence-electron chi connectivity index (χ2n) is 8.99. The maximum absolute atomic E-state index is 5.78. The summed E-state index contributed by atoms with van der Waals surface area (Å²) in [5.74, 6) is 2.80. The summed E-state index contributed by atoms with van der Waals surface area (Å²) in [6, 6.07) is 24.8. The standard InChI is InChI=1S/C27H28N8/c1-18(2)15-25-29-27(22-13-7-19(16-28)8-14-22)35(32-25)17-20-9-11-21(12-10-20)23-5-3-4-6-24(23)26-30-33-34-31-26/h3-14,18H,15-17,28H2,1-2H3,(H,30,31,33,34). The third kappa shape index (κ3) is 5.02. The number of nitrogens with two attached hydrogens (primary N) is 1. The zero-order valence-electron chi connectivity index (χ0n) is 19.9. The Balaban J connectivity index is 1.44. The van der Waals surface area contributed by atoms with E-state index in [0.717, 1.165) is 51.5 Å². The van der Waals surface area contributed by atoms with Gasteiger partial charge in [-0.25, -0.2) is 9.67 Å². The Morgan fingerprint density at radius 2 is 1.54 bits per heavy atom. The van der Waals surface area contributed by atoms with Gasteiger partial charge >= 0.3 is 0 Å². The first kappa shape index (κ1) is 22.6. The van der Waals surface area contributed by atoms with Crippen LogP contribution in [0.3, 0.4) is 0 Å². The van der Waals surface area contributed by atoms with E-state index in [0.29, 0.717) is 24.8 Å². The van der Waals surface area contributed by atoms with Crippen LogP contribution < -0.4 is 5.73 Å². The van der Waals surface area contributed by atoms with Crippen molar-refractivity contribution in [1.29, 1.82) is 0 Å². The van der Waals surface area contributed by atoms with Crippen LogP contribution in [-0.2, 0) is 19.5 Å². The lowest BCUT2D eigenvalue weighted by Gasteiger charge is -2.10. The van der Waals surface area contributed by atoms with Crippen LogP contribution in [0.15, 0.2) is 72.8 Å². The summed E-state index contributed by atoms with van der Waals surface area (Å²) in [5, 5.41) is 19.4. The van der Waals surface area contributed by atoms with Gasteiger partial charge in [-0.1, -0.05) is 86.6 Å². The molecule has 8 heteroatoms. The molecule has 176 valence electrons. The molecule has 0 radical (unpaired) electrons. The first-order valence-corrected chi connectivity index (χ1v) is 11.8. The van der Waals surface area contributed by atoms with Gasteiger partial charge in [0.05, 0.1) is 6.54 Å². The van der Waals surface area contributed by atoms with Gasteiger partial charge in [-0.3, -0.25) is 0 Å². The van der Waals surface area contributed by atoms with Gasteiger partial charge in [0.25, 0.3) is 0 Å². The maximum Gasteiger partial charge on any atom is 0.205 e. The summed E-state index contributed by atoms with van der Waals surface area (Å²) in [6.45, 7) is 5.52. The molecule has 2 aromatic heterocycles. The van der Waals surface area contributed by atoms with Crippen LogP contribution in [0.5, 0.6) is 0 Å². The van der Waals surface area contributed by atoms with Crippen molar-refractivity contribution in [3.63, 3.8) is 0 Å². The predicted octanol–water partition coefficient (Wildman–Crippen LogP) is 4.50. The van der Waals surface area contributed by atoms with Crippen LogP contribution in [0.4, 0.5) is 0 Å². The third-order valence-electron chi connectivity index (χ3n) is 5.86. The molecular weight excluding hydrogens is 436 g/mol. The number of aromatic nitrogens is 7. The quantitative estimate of drug-likeness (QED) is 0.350. The van der Waals surface area contributed by atoms with Gasteiger partial charge in [0.2, 0.25) is 5.82 Å². The monoisotopic (exact) mass is 464 g/mol. The molecule has 3 N–H and O–H groups in total. The molecule has 0 spiro atoms. The lowest BCUT2D eigenvalue weighted by atomic mass is 9.98. The summed E-state index contributed by atoms with van der Waals surface area (Å²) < 4.78 is 2.00. The molecule has 0 amide bonds. The van der Waals surface area contributed by atoms with Crippen molar-refractivity contribution < 1.29 is 0 Å². The third-order valence-corrected chi connectivity index (χ3v) is 5.86. The van der Waals surface area contributed by atoms with Crippen molar-refractivity contribution in [1.82, 2.24) is 35.4 Å². The Kier molecular flexibility index (Phi) is 6.45. The Bertz CT molecular complexity index is 1380. The number of tetrazole rings is 1. The van der Waals surface area contributed by atoms with Crippen LogP contribution in [0, 0.1) is 5.92 Å². The highest BCUT2D eigenvalue weighted by Gasteiger charge is 2.15. The molecule has 0 atom stereocenters. The molecule has 5 aromatic rings. The molecule has 0 bridgehead atoms. The maximum atomic E-state index is 5.78. The molecule has 0 unspecified atom stereocenters. The lowest BCUT2D eigenvalue weighted by Crippen LogP contribution is -2.05. The SMILES string of the molecule is CC(C)Cc1nc(-c2ccc(CN)cc2)n(Cc2ccc(-c3ccccc3-c3nn[nH]n3)cc2)n1. The molecule has 0 aliphatic heterocycles. The van der Waals surface area contributed by atoms with Gasteiger partial charge < -0.3 is 5.73 Å². The zero-order valence-corrected chi connectivity index (χ0v) is 19.9. The average Bonchev–Trinajstić information content (AvgIpc) is 3.55. The topological polar surface area (TPSA) is 111 Å². The minimum absolute atomic E-state index is 0.483. The fraction of sp³-hybridized carbons (Fsp3) is 0.222. The molecule has 0 aliphatic carbocycles. The fourth-order valence-electron chi connectivity index (χ4n) is 4.12. The highest BCUT2D eigenvalue weighted by molar-refractivity contribution is 5.80. The Morgan fingerprint density at radius 1 is 0.857 bits per heavy atom. The van der Waals surface area contributed by atoms with Crippen molar-refractivity contribution >= 4 is 0 Å². The van der Waals surface area contributed by atoms with Gasteiger partial charge in [-0.05, 0) is 33.4 Å². The van der Waals surface area contributed by atoms with Crippen molar-refractivity contribution in [3.05, 3.63) is 89.7 Å². The Morgan fingerprint density at radius 3 is 2.20 bits per heavy atom. The van der Waals surface area contributed by atoms with E-state index >= 15 is 0 Å². The highest BCUT2D eigenvalue weighted by atomic mass is 15.5. The van der Waals surface area contributed by atoms with E-state index in [1.807, 2.05) is 35.0 Å². The van der Waals surface area contributed by atoms with Gasteiger partial charge in [-0.15, -0.1) is 10.2 Å². The summed E-state index contributed by atoms with van der Waals surface area (Å²) >= 11 is 0. The van der Waals surface area contributed by atoms with Crippen LogP contribution in [0.25, 0.3) is 33.9 Å². The molecule has 8 nitrogen and oxygen atoms in total. The molecule has 2 heterocycles. The van der Waals surface area contributed by atoms with Gasteiger partial charge in [0.15, 0.2) is 11.6 Å². The van der Waals surface area contributed by atoms with Crippen molar-refractivity contribution in [2.45, 2.75) is 33.4 Å². The number of hydrogen-bond acceptors (Lipinski definition) is 6. The molecule has 0 aliphatic rings. The summed E-state index contributed by atoms with van der Waals surface area (Å²) in [6.07, 6.45) is 0.840. The Hall–Kier alpha value is -4.17. The largest absolute Gasteiger partial charge is 0.326 e. The molecule has 0 fully saturated rings. The van der Waals surface area contributed by atoms with E-state index in [9.17, 15) is 0 Å². The van der Waals surface area contributed by atoms with Crippen LogP contribution in [0.2, 0.25) is 0 Å². The van der Waals surface area contributed by atoms with Crippen molar-refractivity contribution in [2.24, 2.45) is 11.7 Å².